The molecule has 0 aromatic carbocycles. The second-order valence-corrected chi connectivity index (χ2v) is 11.4. The fourth-order valence-corrected chi connectivity index (χ4v) is 6.60. The molecule has 9 nitrogen and oxygen atoms in total. The maximum absolute atomic E-state index is 13.9. The van der Waals surface area contributed by atoms with Crippen LogP contribution in [0.15, 0.2) is 17.5 Å². The minimum absolute atomic E-state index is 0. The van der Waals surface area contributed by atoms with E-state index in [1.165, 1.54) is 7.11 Å². The van der Waals surface area contributed by atoms with E-state index in [1.54, 1.807) is 0 Å². The molecule has 3 atom stereocenters. The third-order valence-electron chi connectivity index (χ3n) is 8.93. The number of carboxylic acids is 1. The number of hydrogen-bond acceptors (Lipinski definition) is 4. The summed E-state index contributed by atoms with van der Waals surface area (Å²) >= 11 is 0. The van der Waals surface area contributed by atoms with E-state index in [0.29, 0.717) is 39.5 Å². The molecule has 3 aliphatic rings. The molecule has 1 N–H and O–H groups in total. The molecule has 3 aromatic rings. The number of methoxy groups -OCH3 is 1. The molecule has 0 saturated carbocycles. The van der Waals surface area contributed by atoms with Crippen molar-refractivity contribution in [2.75, 3.05) is 7.11 Å². The van der Waals surface area contributed by atoms with Crippen molar-refractivity contribution in [1.82, 2.24) is 15.0 Å². The molecule has 1 saturated heterocycles. The Hall–Kier alpha value is -3.76. The Morgan fingerprint density at radius 2 is 1.74 bits per heavy atom. The van der Waals surface area contributed by atoms with Crippen LogP contribution in [0.5, 0.6) is 0 Å². The van der Waals surface area contributed by atoms with E-state index < -0.39 is 17.9 Å². The van der Waals surface area contributed by atoms with Crippen LogP contribution in [0.4, 0.5) is 0 Å². The van der Waals surface area contributed by atoms with Gasteiger partial charge >= 0.3 is 35.0 Å². The van der Waals surface area contributed by atoms with Crippen molar-refractivity contribution in [2.24, 2.45) is 17.8 Å². The fraction of sp³-hybridized carbons (Fsp3) is 0.364. The molecule has 1 fully saturated rings. The standard InChI is InChI=1S/C33H34N4O5.Mg/c1-7-19-15(3)22-11-18-10-14(2)21(34-18)12-23-16(4)20(8-9-26(38)39)30(36-23)28-29(33(41)42-6)32(40)27-17(5)24(37-31(27)28)13-25(19)35-22;/h10-13,16,20,29H,7-9H2,1-6H3,(H3,36,37,38,39,40);/q-2;+2/p-2/b22-11-,23-12-,25-13-;/t16-,20-,29+;/m0./s1. The van der Waals surface area contributed by atoms with E-state index >= 15 is 0 Å². The van der Waals surface area contributed by atoms with Crippen molar-refractivity contribution < 1.29 is 24.2 Å². The fourth-order valence-electron chi connectivity index (χ4n) is 6.60. The minimum Gasteiger partial charge on any atom is -0.664 e. The number of aromatic nitrogens is 3. The molecular weight excluding hydrogens is 557 g/mol. The summed E-state index contributed by atoms with van der Waals surface area (Å²) in [5.41, 5.74) is 8.38. The van der Waals surface area contributed by atoms with Gasteiger partial charge in [0.15, 0.2) is 5.78 Å². The Balaban J connectivity index is 0.00000368. The van der Waals surface area contributed by atoms with Gasteiger partial charge in [0.05, 0.1) is 7.11 Å². The molecule has 3 aromatic heterocycles. The smallest absolute Gasteiger partial charge is 0.664 e. The van der Waals surface area contributed by atoms with Crippen molar-refractivity contribution in [3.8, 4) is 0 Å². The summed E-state index contributed by atoms with van der Waals surface area (Å²) in [4.78, 5) is 53.4. The second-order valence-electron chi connectivity index (χ2n) is 11.4. The van der Waals surface area contributed by atoms with E-state index in [1.807, 2.05) is 45.1 Å². The summed E-state index contributed by atoms with van der Waals surface area (Å²) in [6.45, 7) is 9.95. The van der Waals surface area contributed by atoms with Crippen LogP contribution in [0, 0.1) is 38.5 Å². The normalized spacial score (nSPS) is 24.7. The number of carbonyl (C=O) groups is 3. The molecule has 6 rings (SSSR count). The molecule has 0 spiro atoms. The first-order valence-corrected chi connectivity index (χ1v) is 14.2. The molecule has 2 aliphatic heterocycles. The van der Waals surface area contributed by atoms with Gasteiger partial charge in [-0.15, -0.1) is 33.5 Å². The van der Waals surface area contributed by atoms with E-state index in [0.717, 1.165) is 45.2 Å². The van der Waals surface area contributed by atoms with Gasteiger partial charge in [-0.1, -0.05) is 66.0 Å². The summed E-state index contributed by atoms with van der Waals surface area (Å²) < 4.78 is 5.10. The van der Waals surface area contributed by atoms with Crippen LogP contribution in [0.3, 0.4) is 0 Å². The third-order valence-corrected chi connectivity index (χ3v) is 8.93. The number of fused-ring (bicyclic) bond motifs is 7. The minimum atomic E-state index is -1.21. The first kappa shape index (κ1) is 30.7. The number of rotatable bonds is 5. The van der Waals surface area contributed by atoms with Crippen molar-refractivity contribution in [3.63, 3.8) is 0 Å². The molecule has 0 radical (unpaired) electrons. The summed E-state index contributed by atoms with van der Waals surface area (Å²) in [6, 6.07) is 2.01. The third kappa shape index (κ3) is 4.90. The zero-order valence-corrected chi connectivity index (χ0v) is 26.7. The average Bonchev–Trinajstić information content (AvgIpc) is 3.69. The molecule has 1 aliphatic carbocycles. The Bertz CT molecular complexity index is 1870. The van der Waals surface area contributed by atoms with Crippen molar-refractivity contribution in [2.45, 2.75) is 53.9 Å². The molecule has 43 heavy (non-hydrogen) atoms. The van der Waals surface area contributed by atoms with Crippen LogP contribution >= 0.6 is 0 Å². The zero-order chi connectivity index (χ0) is 30.0. The monoisotopic (exact) mass is 588 g/mol. The SMILES string of the molecule is CCc1c(C)/c2[n-]/c1=C\c1[n-]c3c(c1C)C(=O)[C@H](C(=O)OC)/C3=C1/[N-]/C(=C\c3[n-]c(cc3C)\C=2)[C@@H](C)[C@@H]1CCC(=O)O.[Mg+2]. The Labute approximate surface area is 265 Å². The van der Waals surface area contributed by atoms with Gasteiger partial charge in [-0.25, -0.2) is 0 Å². The average molecular weight is 589 g/mol. The summed E-state index contributed by atoms with van der Waals surface area (Å²) in [7, 11) is 1.26. The van der Waals surface area contributed by atoms with Crippen LogP contribution in [-0.4, -0.2) is 53.0 Å². The van der Waals surface area contributed by atoms with E-state index in [4.69, 9.17) is 25.0 Å². The predicted molar refractivity (Wildman–Crippen MR) is 163 cm³/mol. The van der Waals surface area contributed by atoms with Gasteiger partial charge in [-0.05, 0) is 45.4 Å². The quantitative estimate of drug-likeness (QED) is 0.273. The van der Waals surface area contributed by atoms with E-state index in [2.05, 4.69) is 13.8 Å². The summed E-state index contributed by atoms with van der Waals surface area (Å²) in [5.74, 6) is -3.73. The number of aryl methyl sites for hydroxylation is 1. The number of allylic oxidation sites excluding steroid dienone is 2. The molecule has 5 heterocycles. The second kappa shape index (κ2) is 11.4. The molecule has 10 heteroatoms. The number of aliphatic carboxylic acids is 1. The maximum Gasteiger partial charge on any atom is 2.00 e. The maximum atomic E-state index is 13.9. The molecule has 0 amide bonds. The number of ether oxygens (including phenoxy) is 1. The van der Waals surface area contributed by atoms with E-state index in [-0.39, 0.29) is 53.5 Å². The van der Waals surface area contributed by atoms with Gasteiger partial charge in [-0.2, -0.15) is 11.4 Å². The Morgan fingerprint density at radius 1 is 1.00 bits per heavy atom. The number of ketones is 1. The Morgan fingerprint density at radius 3 is 2.42 bits per heavy atom. The molecule has 0 unspecified atom stereocenters. The summed E-state index contributed by atoms with van der Waals surface area (Å²) in [6.07, 6.45) is 6.79. The summed E-state index contributed by atoms with van der Waals surface area (Å²) in [5, 5.41) is 16.2. The van der Waals surface area contributed by atoms with Gasteiger partial charge in [-0.3, -0.25) is 14.4 Å². The molecule has 8 bridgehead atoms. The van der Waals surface area contributed by atoms with Gasteiger partial charge in [0.2, 0.25) is 0 Å². The largest absolute Gasteiger partial charge is 2.00 e. The van der Waals surface area contributed by atoms with Crippen LogP contribution in [-0.2, 0) is 20.7 Å². The number of carboxylic acid groups (broad SMARTS) is 1. The Kier molecular flexibility index (Phi) is 8.13. The number of Topliss-reactive ketones (excluding diaryl/α,β-unsaturated/α-hetero) is 1. The molecular formula is C33H32MgN4O5-2. The van der Waals surface area contributed by atoms with Gasteiger partial charge in [0.1, 0.15) is 5.92 Å². The number of esters is 1. The van der Waals surface area contributed by atoms with Gasteiger partial charge in [0, 0.05) is 12.0 Å². The molecule has 218 valence electrons. The van der Waals surface area contributed by atoms with Crippen molar-refractivity contribution in [1.29, 1.82) is 0 Å². The first-order chi connectivity index (χ1) is 20.0. The zero-order valence-electron chi connectivity index (χ0n) is 25.2. The van der Waals surface area contributed by atoms with Gasteiger partial charge in [0.25, 0.3) is 0 Å². The number of nitrogens with zero attached hydrogens (tertiary/aromatic N) is 4. The van der Waals surface area contributed by atoms with Gasteiger partial charge < -0.3 is 30.1 Å². The topological polar surface area (TPSA) is 137 Å². The van der Waals surface area contributed by atoms with Crippen molar-refractivity contribution >= 4 is 64.6 Å². The number of hydrogen-bond donors (Lipinski definition) is 1. The van der Waals surface area contributed by atoms with Crippen molar-refractivity contribution in [3.05, 3.63) is 84.1 Å². The first-order valence-electron chi connectivity index (χ1n) is 14.2. The van der Waals surface area contributed by atoms with Crippen LogP contribution in [0.25, 0.3) is 29.1 Å². The van der Waals surface area contributed by atoms with Crippen LogP contribution in [0.1, 0.15) is 82.1 Å². The van der Waals surface area contributed by atoms with Crippen LogP contribution < -0.4 is 25.7 Å². The predicted octanol–water partition coefficient (Wildman–Crippen LogP) is 2.88. The van der Waals surface area contributed by atoms with E-state index in [9.17, 15) is 19.5 Å². The number of carbonyl (C=O) groups excluding carboxylic acids is 2. The van der Waals surface area contributed by atoms with Crippen LogP contribution in [0.2, 0.25) is 0 Å².